The Kier molecular flexibility index (Phi) is 5.55. The summed E-state index contributed by atoms with van der Waals surface area (Å²) in [5.41, 5.74) is 0.170. The summed E-state index contributed by atoms with van der Waals surface area (Å²) >= 11 is 0. The van der Waals surface area contributed by atoms with Crippen LogP contribution in [0.25, 0.3) is 0 Å². The normalized spacial score (nSPS) is 23.4. The van der Waals surface area contributed by atoms with Gasteiger partial charge in [0, 0.05) is 33.0 Å². The molecule has 7 heteroatoms. The zero-order valence-electron chi connectivity index (χ0n) is 14.7. The van der Waals surface area contributed by atoms with Gasteiger partial charge in [0.2, 0.25) is 5.91 Å². The standard InChI is InChI=1S/C18H26N4O3/c1-15(23)22(21-11-5-6-12-21)18(9-10-19-14-18)20-17(24)25-13-16-7-3-2-4-8-16/h2-4,7-8,19H,5-6,9-14H2,1H3,(H,20,24). The van der Waals surface area contributed by atoms with Crippen LogP contribution in [0.5, 0.6) is 0 Å². The van der Waals surface area contributed by atoms with Gasteiger partial charge < -0.3 is 10.1 Å². The van der Waals surface area contributed by atoms with Crippen LogP contribution in [0.15, 0.2) is 30.3 Å². The van der Waals surface area contributed by atoms with Crippen LogP contribution in [0, 0.1) is 0 Å². The molecular weight excluding hydrogens is 320 g/mol. The summed E-state index contributed by atoms with van der Waals surface area (Å²) in [5.74, 6) is -0.0611. The van der Waals surface area contributed by atoms with Gasteiger partial charge in [-0.25, -0.2) is 14.8 Å². The highest BCUT2D eigenvalue weighted by atomic mass is 16.5. The summed E-state index contributed by atoms with van der Waals surface area (Å²) in [6.07, 6.45) is 2.28. The molecule has 2 aliphatic rings. The van der Waals surface area contributed by atoms with Crippen molar-refractivity contribution in [3.63, 3.8) is 0 Å². The molecule has 3 rings (SSSR count). The van der Waals surface area contributed by atoms with Crippen molar-refractivity contribution in [1.82, 2.24) is 20.7 Å². The molecule has 136 valence electrons. The molecule has 2 saturated heterocycles. The largest absolute Gasteiger partial charge is 0.445 e. The van der Waals surface area contributed by atoms with Gasteiger partial charge in [-0.05, 0) is 24.9 Å². The zero-order valence-corrected chi connectivity index (χ0v) is 14.7. The minimum absolute atomic E-state index is 0.0611. The second kappa shape index (κ2) is 7.84. The number of ether oxygens (including phenoxy) is 1. The molecule has 2 heterocycles. The van der Waals surface area contributed by atoms with Gasteiger partial charge in [-0.1, -0.05) is 30.3 Å². The number of benzene rings is 1. The SMILES string of the molecule is CC(=O)N(N1CCCC1)C1(NC(=O)OCc2ccccc2)CCNC1. The summed E-state index contributed by atoms with van der Waals surface area (Å²) in [6.45, 7) is 4.69. The molecule has 0 aromatic heterocycles. The quantitative estimate of drug-likeness (QED) is 0.790. The number of rotatable bonds is 5. The van der Waals surface area contributed by atoms with E-state index in [-0.39, 0.29) is 12.5 Å². The van der Waals surface area contributed by atoms with Crippen molar-refractivity contribution >= 4 is 12.0 Å². The van der Waals surface area contributed by atoms with E-state index in [9.17, 15) is 9.59 Å². The number of hydrogen-bond donors (Lipinski definition) is 2. The number of hydrogen-bond acceptors (Lipinski definition) is 5. The van der Waals surface area contributed by atoms with Gasteiger partial charge in [0.25, 0.3) is 0 Å². The van der Waals surface area contributed by atoms with Crippen molar-refractivity contribution in [3.8, 4) is 0 Å². The summed E-state index contributed by atoms with van der Waals surface area (Å²) in [6, 6.07) is 9.55. The third-order valence-corrected chi connectivity index (χ3v) is 4.75. The van der Waals surface area contributed by atoms with Crippen molar-refractivity contribution in [1.29, 1.82) is 0 Å². The van der Waals surface area contributed by atoms with Gasteiger partial charge in [-0.15, -0.1) is 0 Å². The number of carbonyl (C=O) groups excluding carboxylic acids is 2. The Morgan fingerprint density at radius 2 is 2.00 bits per heavy atom. The van der Waals surface area contributed by atoms with E-state index in [4.69, 9.17) is 4.74 Å². The molecule has 0 bridgehead atoms. The molecule has 2 fully saturated rings. The number of nitrogens with one attached hydrogen (secondary N) is 2. The summed E-state index contributed by atoms with van der Waals surface area (Å²) in [5, 5.41) is 10.00. The van der Waals surface area contributed by atoms with Crippen LogP contribution < -0.4 is 10.6 Å². The van der Waals surface area contributed by atoms with Crippen molar-refractivity contribution in [2.75, 3.05) is 26.2 Å². The van der Waals surface area contributed by atoms with Crippen LogP contribution in [0.2, 0.25) is 0 Å². The van der Waals surface area contributed by atoms with Crippen LogP contribution >= 0.6 is 0 Å². The second-order valence-electron chi connectivity index (χ2n) is 6.64. The van der Waals surface area contributed by atoms with E-state index in [2.05, 4.69) is 10.6 Å². The number of carbonyl (C=O) groups is 2. The van der Waals surface area contributed by atoms with Gasteiger partial charge in [0.1, 0.15) is 12.3 Å². The molecule has 2 aliphatic heterocycles. The Hall–Kier alpha value is -2.12. The fourth-order valence-electron chi connectivity index (χ4n) is 3.64. The molecule has 0 aliphatic carbocycles. The van der Waals surface area contributed by atoms with E-state index in [1.807, 2.05) is 35.3 Å². The lowest BCUT2D eigenvalue weighted by molar-refractivity contribution is -0.163. The lowest BCUT2D eigenvalue weighted by Crippen LogP contribution is -2.67. The average Bonchev–Trinajstić information content (AvgIpc) is 3.27. The number of hydrazine groups is 1. The third-order valence-electron chi connectivity index (χ3n) is 4.75. The van der Waals surface area contributed by atoms with E-state index in [0.717, 1.165) is 38.0 Å². The highest BCUT2D eigenvalue weighted by Crippen LogP contribution is 2.26. The Balaban J connectivity index is 1.68. The molecule has 2 N–H and O–H groups in total. The molecule has 1 aromatic carbocycles. The fraction of sp³-hybridized carbons (Fsp3) is 0.556. The van der Waals surface area contributed by atoms with Crippen molar-refractivity contribution in [2.45, 2.75) is 38.5 Å². The second-order valence-corrected chi connectivity index (χ2v) is 6.64. The molecule has 1 atom stereocenters. The molecule has 2 amide bonds. The Bertz CT molecular complexity index is 596. The summed E-state index contributed by atoms with van der Waals surface area (Å²) in [4.78, 5) is 24.8. The maximum absolute atomic E-state index is 12.4. The van der Waals surface area contributed by atoms with Crippen LogP contribution in [0.1, 0.15) is 31.7 Å². The molecular formula is C18H26N4O3. The first-order chi connectivity index (χ1) is 12.1. The first kappa shape index (κ1) is 17.7. The Labute approximate surface area is 148 Å². The molecule has 0 radical (unpaired) electrons. The fourth-order valence-corrected chi connectivity index (χ4v) is 3.64. The summed E-state index contributed by atoms with van der Waals surface area (Å²) < 4.78 is 5.37. The van der Waals surface area contributed by atoms with Crippen molar-refractivity contribution < 1.29 is 14.3 Å². The van der Waals surface area contributed by atoms with Crippen LogP contribution in [-0.4, -0.2) is 53.9 Å². The van der Waals surface area contributed by atoms with Crippen molar-refractivity contribution in [2.24, 2.45) is 0 Å². The molecule has 25 heavy (non-hydrogen) atoms. The average molecular weight is 346 g/mol. The smallest absolute Gasteiger partial charge is 0.409 e. The van der Waals surface area contributed by atoms with E-state index < -0.39 is 11.8 Å². The lowest BCUT2D eigenvalue weighted by atomic mass is 10.1. The van der Waals surface area contributed by atoms with Gasteiger partial charge in [-0.2, -0.15) is 0 Å². The van der Waals surface area contributed by atoms with E-state index >= 15 is 0 Å². The predicted octanol–water partition coefficient (Wildman–Crippen LogP) is 1.46. The number of amides is 2. The highest BCUT2D eigenvalue weighted by molar-refractivity contribution is 5.75. The minimum Gasteiger partial charge on any atom is -0.445 e. The molecule has 7 nitrogen and oxygen atoms in total. The summed E-state index contributed by atoms with van der Waals surface area (Å²) in [7, 11) is 0. The van der Waals surface area contributed by atoms with E-state index in [0.29, 0.717) is 13.0 Å². The van der Waals surface area contributed by atoms with Crippen molar-refractivity contribution in [3.05, 3.63) is 35.9 Å². The van der Waals surface area contributed by atoms with E-state index in [1.54, 1.807) is 11.9 Å². The molecule has 0 saturated carbocycles. The Morgan fingerprint density at radius 1 is 1.28 bits per heavy atom. The van der Waals surface area contributed by atoms with Crippen LogP contribution in [0.3, 0.4) is 0 Å². The lowest BCUT2D eigenvalue weighted by Gasteiger charge is -2.44. The van der Waals surface area contributed by atoms with Crippen LogP contribution in [-0.2, 0) is 16.1 Å². The van der Waals surface area contributed by atoms with E-state index in [1.165, 1.54) is 0 Å². The zero-order chi connectivity index (χ0) is 17.7. The monoisotopic (exact) mass is 346 g/mol. The van der Waals surface area contributed by atoms with Gasteiger partial charge in [0.05, 0.1) is 0 Å². The highest BCUT2D eigenvalue weighted by Gasteiger charge is 2.46. The molecule has 1 unspecified atom stereocenters. The Morgan fingerprint density at radius 3 is 2.60 bits per heavy atom. The number of alkyl carbamates (subject to hydrolysis) is 1. The van der Waals surface area contributed by atoms with Gasteiger partial charge in [-0.3, -0.25) is 10.1 Å². The molecule has 0 spiro atoms. The topological polar surface area (TPSA) is 73.9 Å². The first-order valence-corrected chi connectivity index (χ1v) is 8.86. The van der Waals surface area contributed by atoms with Crippen LogP contribution in [0.4, 0.5) is 4.79 Å². The van der Waals surface area contributed by atoms with Gasteiger partial charge in [0.15, 0.2) is 0 Å². The maximum atomic E-state index is 12.4. The predicted molar refractivity (Wildman–Crippen MR) is 93.3 cm³/mol. The first-order valence-electron chi connectivity index (χ1n) is 8.86. The molecule has 1 aromatic rings. The maximum Gasteiger partial charge on any atom is 0.409 e. The number of nitrogens with zero attached hydrogens (tertiary/aromatic N) is 2. The third kappa shape index (κ3) is 4.11. The van der Waals surface area contributed by atoms with Gasteiger partial charge >= 0.3 is 6.09 Å². The minimum atomic E-state index is -0.760.